The molecule has 0 aliphatic carbocycles. The van der Waals surface area contributed by atoms with E-state index in [0.29, 0.717) is 11.6 Å². The predicted octanol–water partition coefficient (Wildman–Crippen LogP) is 5.66. The third-order valence-corrected chi connectivity index (χ3v) is 9.76. The number of carbonyl (C=O) groups is 1. The number of nitrogens with zero attached hydrogens (tertiary/aromatic N) is 4. The molecule has 2 heterocycles. The average molecular weight is 737 g/mol. The van der Waals surface area contributed by atoms with Crippen LogP contribution in [-0.2, 0) is 40.2 Å². The third-order valence-electron chi connectivity index (χ3n) is 7.80. The fourth-order valence-electron chi connectivity index (χ4n) is 4.95. The summed E-state index contributed by atoms with van der Waals surface area (Å²) < 4.78 is 79.0. The standard InChI is InChI=1S/C33H36F3N4O8PS/c1-22(50-26-17-45-30(46-18-26)7-5-4-6-24-9-8-23(16-37)14-28(24)35)33(19-40-21-38-20-39-40,27-11-10-25(34)15-29(27)36)48-31(41)32(2,3)12-13-47-49(42,43)44/h4-11,14-15,20-22,26,30H,12-13,17-19H2,1-3H3,(H2,42,43,44)/b6-4+,7-5+/t22-,26-,30-,33-/m1/s1. The molecule has 268 valence electrons. The highest BCUT2D eigenvalue weighted by atomic mass is 32.2. The van der Waals surface area contributed by atoms with Crippen molar-refractivity contribution in [2.24, 2.45) is 5.41 Å². The summed E-state index contributed by atoms with van der Waals surface area (Å²) in [5, 5.41) is 12.0. The molecule has 3 aromatic rings. The number of hydrogen-bond donors (Lipinski definition) is 2. The van der Waals surface area contributed by atoms with Gasteiger partial charge in [0.1, 0.15) is 30.1 Å². The minimum atomic E-state index is -4.80. The maximum atomic E-state index is 15.7. The van der Waals surface area contributed by atoms with Gasteiger partial charge in [-0.2, -0.15) is 10.4 Å². The van der Waals surface area contributed by atoms with Gasteiger partial charge in [0, 0.05) is 22.4 Å². The fraction of sp³-hybridized carbons (Fsp3) is 0.394. The Labute approximate surface area is 291 Å². The number of phosphoric acid groups is 1. The van der Waals surface area contributed by atoms with Crippen molar-refractivity contribution >= 4 is 31.6 Å². The molecule has 0 bridgehead atoms. The monoisotopic (exact) mass is 736 g/mol. The van der Waals surface area contributed by atoms with E-state index in [-0.39, 0.29) is 42.6 Å². The largest absolute Gasteiger partial charge is 0.469 e. The van der Waals surface area contributed by atoms with Crippen molar-refractivity contribution in [1.29, 1.82) is 5.26 Å². The highest BCUT2D eigenvalue weighted by Gasteiger charge is 2.48. The molecule has 12 nitrogen and oxygen atoms in total. The number of ether oxygens (including phenoxy) is 3. The molecule has 1 aliphatic heterocycles. The Morgan fingerprint density at radius 3 is 2.54 bits per heavy atom. The first-order valence-corrected chi connectivity index (χ1v) is 17.7. The predicted molar refractivity (Wildman–Crippen MR) is 176 cm³/mol. The first-order chi connectivity index (χ1) is 23.6. The molecule has 0 amide bonds. The van der Waals surface area contributed by atoms with E-state index >= 15 is 4.39 Å². The van der Waals surface area contributed by atoms with Crippen LogP contribution in [0.25, 0.3) is 6.08 Å². The van der Waals surface area contributed by atoms with Crippen LogP contribution in [0.5, 0.6) is 0 Å². The number of carbonyl (C=O) groups excluding carboxylic acids is 1. The number of hydrogen-bond acceptors (Lipinski definition) is 10. The van der Waals surface area contributed by atoms with Gasteiger partial charge in [-0.15, -0.1) is 11.8 Å². The van der Waals surface area contributed by atoms with E-state index in [1.165, 1.54) is 67.2 Å². The van der Waals surface area contributed by atoms with E-state index in [1.807, 2.05) is 6.07 Å². The average Bonchev–Trinajstić information content (AvgIpc) is 3.56. The van der Waals surface area contributed by atoms with Gasteiger partial charge in [-0.05, 0) is 57.5 Å². The lowest BCUT2D eigenvalue weighted by molar-refractivity contribution is -0.175. The minimum Gasteiger partial charge on any atom is -0.450 e. The second kappa shape index (κ2) is 16.9. The first kappa shape index (κ1) is 39.0. The van der Waals surface area contributed by atoms with Crippen molar-refractivity contribution in [1.82, 2.24) is 14.8 Å². The van der Waals surface area contributed by atoms with Gasteiger partial charge in [0.2, 0.25) is 0 Å². The molecular weight excluding hydrogens is 700 g/mol. The smallest absolute Gasteiger partial charge is 0.450 e. The summed E-state index contributed by atoms with van der Waals surface area (Å²) in [6, 6.07) is 8.96. The molecule has 2 aromatic carbocycles. The quantitative estimate of drug-likeness (QED) is 0.112. The molecule has 1 fully saturated rings. The van der Waals surface area contributed by atoms with Gasteiger partial charge < -0.3 is 24.0 Å². The highest BCUT2D eigenvalue weighted by Crippen LogP contribution is 2.44. The van der Waals surface area contributed by atoms with Crippen molar-refractivity contribution in [3.8, 4) is 6.07 Å². The first-order valence-electron chi connectivity index (χ1n) is 15.3. The summed E-state index contributed by atoms with van der Waals surface area (Å²) in [6.45, 7) is 4.36. The summed E-state index contributed by atoms with van der Waals surface area (Å²) in [4.78, 5) is 35.9. The van der Waals surface area contributed by atoms with Crippen LogP contribution >= 0.6 is 19.6 Å². The minimum absolute atomic E-state index is 0.131. The van der Waals surface area contributed by atoms with Crippen LogP contribution in [0.1, 0.15) is 43.9 Å². The van der Waals surface area contributed by atoms with Gasteiger partial charge in [-0.1, -0.05) is 24.3 Å². The Kier molecular flexibility index (Phi) is 13.2. The van der Waals surface area contributed by atoms with E-state index in [9.17, 15) is 18.1 Å². The second-order valence-electron chi connectivity index (χ2n) is 12.0. The third kappa shape index (κ3) is 10.6. The van der Waals surface area contributed by atoms with E-state index in [0.717, 1.165) is 12.1 Å². The Morgan fingerprint density at radius 1 is 1.18 bits per heavy atom. The van der Waals surface area contributed by atoms with Gasteiger partial charge in [-0.3, -0.25) is 9.32 Å². The summed E-state index contributed by atoms with van der Waals surface area (Å²) in [5.74, 6) is -3.18. The number of allylic oxidation sites excluding steroid dienone is 2. The van der Waals surface area contributed by atoms with Crippen LogP contribution < -0.4 is 0 Å². The summed E-state index contributed by atoms with van der Waals surface area (Å²) in [6.07, 6.45) is 8.13. The number of halogens is 3. The molecule has 4 rings (SSSR count). The second-order valence-corrected chi connectivity index (χ2v) is 14.9. The van der Waals surface area contributed by atoms with E-state index in [1.54, 1.807) is 25.2 Å². The number of aromatic nitrogens is 3. The molecule has 0 unspecified atom stereocenters. The fourth-order valence-corrected chi connectivity index (χ4v) is 6.64. The van der Waals surface area contributed by atoms with Gasteiger partial charge in [-0.25, -0.2) is 27.4 Å². The maximum absolute atomic E-state index is 15.7. The van der Waals surface area contributed by atoms with E-state index in [2.05, 4.69) is 14.6 Å². The van der Waals surface area contributed by atoms with Gasteiger partial charge in [0.15, 0.2) is 11.9 Å². The van der Waals surface area contributed by atoms with E-state index < -0.39 is 60.4 Å². The lowest BCUT2D eigenvalue weighted by atomic mass is 9.86. The topological polar surface area (TPSA) is 166 Å². The zero-order valence-electron chi connectivity index (χ0n) is 27.3. The van der Waals surface area contributed by atoms with Crippen molar-refractivity contribution in [2.75, 3.05) is 19.8 Å². The summed E-state index contributed by atoms with van der Waals surface area (Å²) in [7, 11) is -4.80. The molecule has 0 spiro atoms. The molecule has 2 atom stereocenters. The molecule has 1 saturated heterocycles. The Morgan fingerprint density at radius 2 is 1.92 bits per heavy atom. The molecule has 1 aromatic heterocycles. The van der Waals surface area contributed by atoms with E-state index in [4.69, 9.17) is 29.3 Å². The van der Waals surface area contributed by atoms with Crippen molar-refractivity contribution in [3.63, 3.8) is 0 Å². The normalized spacial score (nSPS) is 18.9. The summed E-state index contributed by atoms with van der Waals surface area (Å²) >= 11 is 1.28. The molecular formula is C33H36F3N4O8PS. The molecule has 0 saturated carbocycles. The zero-order valence-corrected chi connectivity index (χ0v) is 29.0. The number of phosphoric ester groups is 1. The molecule has 1 aliphatic rings. The van der Waals surface area contributed by atoms with Crippen molar-refractivity contribution in [2.45, 2.75) is 56.1 Å². The van der Waals surface area contributed by atoms with Gasteiger partial charge >= 0.3 is 13.8 Å². The lowest BCUT2D eigenvalue weighted by Crippen LogP contribution is -2.49. The highest BCUT2D eigenvalue weighted by molar-refractivity contribution is 8.00. The number of benzene rings is 2. The molecule has 50 heavy (non-hydrogen) atoms. The number of thioether (sulfide) groups is 1. The van der Waals surface area contributed by atoms with Crippen molar-refractivity contribution < 1.29 is 51.1 Å². The van der Waals surface area contributed by atoms with Gasteiger partial charge in [0.25, 0.3) is 0 Å². The van der Waals surface area contributed by atoms with Crippen LogP contribution in [0.3, 0.4) is 0 Å². The molecule has 17 heteroatoms. The Bertz CT molecular complexity index is 1770. The molecule has 0 radical (unpaired) electrons. The number of esters is 1. The number of nitriles is 1. The maximum Gasteiger partial charge on any atom is 0.469 e. The van der Waals surface area contributed by atoms with Crippen molar-refractivity contribution in [3.05, 3.63) is 101 Å². The lowest BCUT2D eigenvalue weighted by Gasteiger charge is -2.42. The van der Waals surface area contributed by atoms with Crippen LogP contribution in [0.15, 0.2) is 67.3 Å². The zero-order chi connectivity index (χ0) is 36.5. The van der Waals surface area contributed by atoms with Crippen LogP contribution in [-0.4, -0.2) is 67.1 Å². The number of rotatable bonds is 15. The van der Waals surface area contributed by atoms with Crippen LogP contribution in [0.4, 0.5) is 13.2 Å². The Balaban J connectivity index is 1.53. The van der Waals surface area contributed by atoms with Gasteiger partial charge in [0.05, 0.1) is 48.7 Å². The SMILES string of the molecule is C[C@@H](S[C@H]1CO[C@H](/C=C/C=C/c2ccc(C#N)cc2F)OC1)[C@@](Cn1cncn1)(OC(=O)C(C)(C)CCOP(=O)(O)O)c1ccc(F)cc1F. The van der Waals surface area contributed by atoms with Crippen LogP contribution in [0.2, 0.25) is 0 Å². The summed E-state index contributed by atoms with van der Waals surface area (Å²) in [5.41, 5.74) is -2.78. The van der Waals surface area contributed by atoms with Crippen LogP contribution in [0, 0.1) is 34.2 Å². The molecule has 2 N–H and O–H groups in total. The Hall–Kier alpha value is -3.81.